The first-order valence-electron chi connectivity index (χ1n) is 8.34. The fraction of sp³-hybridized carbons (Fsp3) is 0.412. The van der Waals surface area contributed by atoms with Gasteiger partial charge in [-0.05, 0) is 25.7 Å². The number of amides is 1. The molecule has 0 bridgehead atoms. The summed E-state index contributed by atoms with van der Waals surface area (Å²) in [5.41, 5.74) is 1.95. The van der Waals surface area contributed by atoms with Crippen LogP contribution in [0.4, 0.5) is 0 Å². The first-order valence-corrected chi connectivity index (χ1v) is 8.34. The predicted molar refractivity (Wildman–Crippen MR) is 92.9 cm³/mol. The number of hydrogen-bond donors (Lipinski definition) is 1. The van der Waals surface area contributed by atoms with Crippen LogP contribution in [-0.2, 0) is 11.2 Å². The molecule has 0 spiro atoms. The Kier molecular flexibility index (Phi) is 3.96. The molecule has 3 heterocycles. The molecule has 1 saturated heterocycles. The molecule has 0 saturated carbocycles. The number of H-pyrrole nitrogens is 1. The summed E-state index contributed by atoms with van der Waals surface area (Å²) in [6, 6.07) is 6.32. The molecule has 8 nitrogen and oxygen atoms in total. The first kappa shape index (κ1) is 15.8. The summed E-state index contributed by atoms with van der Waals surface area (Å²) in [5.74, 6) is 0.133. The molecule has 8 heteroatoms. The zero-order chi connectivity index (χ0) is 17.4. The third kappa shape index (κ3) is 3.00. The molecule has 1 amide bonds. The third-order valence-electron chi connectivity index (χ3n) is 4.92. The summed E-state index contributed by atoms with van der Waals surface area (Å²) in [6.07, 6.45) is 5.71. The van der Waals surface area contributed by atoms with Crippen LogP contribution in [0.3, 0.4) is 0 Å². The van der Waals surface area contributed by atoms with Gasteiger partial charge in [-0.25, -0.2) is 4.68 Å². The normalized spacial score (nSPS) is 20.7. The quantitative estimate of drug-likeness (QED) is 0.757. The molecule has 2 aromatic heterocycles. The van der Waals surface area contributed by atoms with Crippen molar-refractivity contribution in [1.29, 1.82) is 0 Å². The van der Waals surface area contributed by atoms with Gasteiger partial charge in [0.2, 0.25) is 5.91 Å². The van der Waals surface area contributed by atoms with Crippen molar-refractivity contribution >= 4 is 16.8 Å². The van der Waals surface area contributed by atoms with E-state index in [4.69, 9.17) is 0 Å². The standard InChI is InChI=1S/C17H21N7O/c1-22(2)15-10-23(11-16(15)24-6-5-18-21-24)17(25)8-12-3-4-13-9-19-20-14(13)7-12/h3-7,9,15-16H,8,10-11H2,1-2H3,(H,19,20)/t15-,16+/m1/s1. The molecule has 1 aromatic carbocycles. The van der Waals surface area contributed by atoms with E-state index in [1.54, 1.807) is 12.4 Å². The predicted octanol–water partition coefficient (Wildman–Crippen LogP) is 0.711. The highest BCUT2D eigenvalue weighted by Gasteiger charge is 2.37. The van der Waals surface area contributed by atoms with Crippen LogP contribution < -0.4 is 0 Å². The number of aromatic amines is 1. The topological polar surface area (TPSA) is 82.9 Å². The monoisotopic (exact) mass is 339 g/mol. The second-order valence-corrected chi connectivity index (χ2v) is 6.75. The number of hydrogen-bond acceptors (Lipinski definition) is 5. The van der Waals surface area contributed by atoms with Crippen LogP contribution in [0.5, 0.6) is 0 Å². The molecule has 4 rings (SSSR count). The minimum Gasteiger partial charge on any atom is -0.339 e. The first-order chi connectivity index (χ1) is 12.1. The number of benzene rings is 1. The summed E-state index contributed by atoms with van der Waals surface area (Å²) < 4.78 is 1.86. The molecular formula is C17H21N7O. The highest BCUT2D eigenvalue weighted by molar-refractivity contribution is 5.83. The van der Waals surface area contributed by atoms with Crippen LogP contribution in [0.15, 0.2) is 36.8 Å². The van der Waals surface area contributed by atoms with E-state index in [0.717, 1.165) is 16.5 Å². The van der Waals surface area contributed by atoms with Crippen molar-refractivity contribution in [2.75, 3.05) is 27.2 Å². The molecule has 1 aliphatic rings. The zero-order valence-corrected chi connectivity index (χ0v) is 14.3. The van der Waals surface area contributed by atoms with Crippen LogP contribution in [-0.4, -0.2) is 74.1 Å². The lowest BCUT2D eigenvalue weighted by Crippen LogP contribution is -2.37. The van der Waals surface area contributed by atoms with E-state index in [9.17, 15) is 4.79 Å². The lowest BCUT2D eigenvalue weighted by molar-refractivity contribution is -0.129. The lowest BCUT2D eigenvalue weighted by Gasteiger charge is -2.24. The average molecular weight is 339 g/mol. The Labute approximate surface area is 145 Å². The number of likely N-dealkylation sites (tertiary alicyclic amines) is 1. The highest BCUT2D eigenvalue weighted by atomic mass is 16.2. The van der Waals surface area contributed by atoms with Gasteiger partial charge in [-0.1, -0.05) is 17.3 Å². The molecule has 1 N–H and O–H groups in total. The van der Waals surface area contributed by atoms with E-state index in [1.807, 2.05) is 48.1 Å². The van der Waals surface area contributed by atoms with Gasteiger partial charge in [-0.15, -0.1) is 5.10 Å². The van der Waals surface area contributed by atoms with Crippen molar-refractivity contribution in [3.63, 3.8) is 0 Å². The molecule has 1 fully saturated rings. The number of nitrogens with zero attached hydrogens (tertiary/aromatic N) is 6. The van der Waals surface area contributed by atoms with Gasteiger partial charge in [-0.3, -0.25) is 9.89 Å². The third-order valence-corrected chi connectivity index (χ3v) is 4.92. The number of carbonyl (C=O) groups is 1. The summed E-state index contributed by atoms with van der Waals surface area (Å²) in [4.78, 5) is 16.9. The summed E-state index contributed by atoms with van der Waals surface area (Å²) in [5, 5.41) is 16.1. The SMILES string of the molecule is CN(C)[C@@H]1CN(C(=O)Cc2ccc3cn[nH]c3c2)C[C@@H]1n1ccnn1. The Morgan fingerprint density at radius 1 is 1.36 bits per heavy atom. The van der Waals surface area contributed by atoms with E-state index < -0.39 is 0 Å². The van der Waals surface area contributed by atoms with Crippen LogP contribution in [0.1, 0.15) is 11.6 Å². The molecule has 0 radical (unpaired) electrons. The number of aromatic nitrogens is 5. The van der Waals surface area contributed by atoms with Crippen LogP contribution in [0.2, 0.25) is 0 Å². The molecule has 25 heavy (non-hydrogen) atoms. The minimum absolute atomic E-state index is 0.122. The molecule has 0 aliphatic carbocycles. The van der Waals surface area contributed by atoms with Crippen LogP contribution in [0, 0.1) is 0 Å². The largest absolute Gasteiger partial charge is 0.339 e. The number of rotatable bonds is 4. The Balaban J connectivity index is 1.50. The van der Waals surface area contributed by atoms with Crippen molar-refractivity contribution in [2.45, 2.75) is 18.5 Å². The Morgan fingerprint density at radius 2 is 2.24 bits per heavy atom. The molecular weight excluding hydrogens is 318 g/mol. The van der Waals surface area contributed by atoms with Gasteiger partial charge in [-0.2, -0.15) is 5.10 Å². The number of carbonyl (C=O) groups excluding carboxylic acids is 1. The zero-order valence-electron chi connectivity index (χ0n) is 14.3. The van der Waals surface area contributed by atoms with E-state index in [2.05, 4.69) is 25.4 Å². The van der Waals surface area contributed by atoms with Gasteiger partial charge in [0.25, 0.3) is 0 Å². The molecule has 130 valence electrons. The molecule has 0 unspecified atom stereocenters. The van der Waals surface area contributed by atoms with Gasteiger partial charge in [0.05, 0.1) is 36.4 Å². The lowest BCUT2D eigenvalue weighted by atomic mass is 10.1. The van der Waals surface area contributed by atoms with Gasteiger partial charge < -0.3 is 9.80 Å². The maximum atomic E-state index is 12.8. The van der Waals surface area contributed by atoms with E-state index in [0.29, 0.717) is 19.5 Å². The molecule has 3 aromatic rings. The highest BCUT2D eigenvalue weighted by Crippen LogP contribution is 2.25. The van der Waals surface area contributed by atoms with Gasteiger partial charge in [0.15, 0.2) is 0 Å². The molecule has 1 aliphatic heterocycles. The fourth-order valence-corrected chi connectivity index (χ4v) is 3.52. The summed E-state index contributed by atoms with van der Waals surface area (Å²) in [7, 11) is 4.07. The fourth-order valence-electron chi connectivity index (χ4n) is 3.52. The smallest absolute Gasteiger partial charge is 0.227 e. The second kappa shape index (κ2) is 6.29. The maximum Gasteiger partial charge on any atom is 0.227 e. The van der Waals surface area contributed by atoms with Crippen molar-refractivity contribution in [3.05, 3.63) is 42.4 Å². The Hall–Kier alpha value is -2.74. The summed E-state index contributed by atoms with van der Waals surface area (Å²) in [6.45, 7) is 1.35. The number of nitrogens with one attached hydrogen (secondary N) is 1. The van der Waals surface area contributed by atoms with Gasteiger partial charge in [0, 0.05) is 24.7 Å². The minimum atomic E-state index is 0.122. The van der Waals surface area contributed by atoms with Crippen molar-refractivity contribution < 1.29 is 4.79 Å². The van der Waals surface area contributed by atoms with Crippen LogP contribution >= 0.6 is 0 Å². The second-order valence-electron chi connectivity index (χ2n) is 6.75. The Bertz CT molecular complexity index is 870. The Morgan fingerprint density at radius 3 is 3.00 bits per heavy atom. The van der Waals surface area contributed by atoms with Crippen molar-refractivity contribution in [2.24, 2.45) is 0 Å². The maximum absolute atomic E-state index is 12.8. The van der Waals surface area contributed by atoms with Crippen LogP contribution in [0.25, 0.3) is 10.9 Å². The van der Waals surface area contributed by atoms with E-state index >= 15 is 0 Å². The van der Waals surface area contributed by atoms with Crippen molar-refractivity contribution in [1.82, 2.24) is 35.0 Å². The van der Waals surface area contributed by atoms with Gasteiger partial charge in [0.1, 0.15) is 0 Å². The van der Waals surface area contributed by atoms with Gasteiger partial charge >= 0.3 is 0 Å². The number of fused-ring (bicyclic) bond motifs is 1. The molecule has 2 atom stereocenters. The average Bonchev–Trinajstić information content (AvgIpc) is 3.33. The van der Waals surface area contributed by atoms with E-state index in [-0.39, 0.29) is 18.0 Å². The van der Waals surface area contributed by atoms with E-state index in [1.165, 1.54) is 0 Å². The van der Waals surface area contributed by atoms with Crippen molar-refractivity contribution in [3.8, 4) is 0 Å². The number of likely N-dealkylation sites (N-methyl/N-ethyl adjacent to an activating group) is 1. The summed E-state index contributed by atoms with van der Waals surface area (Å²) >= 11 is 0.